The maximum absolute atomic E-state index is 4.73. The van der Waals surface area contributed by atoms with Gasteiger partial charge in [0.05, 0.1) is 11.7 Å². The minimum Gasteiger partial charge on any atom is -0.372 e. The van der Waals surface area contributed by atoms with Gasteiger partial charge in [-0.15, -0.1) is 0 Å². The number of pyridine rings is 1. The molecule has 0 saturated heterocycles. The van der Waals surface area contributed by atoms with E-state index in [-0.39, 0.29) is 16.9 Å². The molecule has 2 aromatic carbocycles. The molecule has 0 fully saturated rings. The van der Waals surface area contributed by atoms with Crippen LogP contribution >= 0.6 is 0 Å². The summed E-state index contributed by atoms with van der Waals surface area (Å²) in [4.78, 5) is 4.73. The van der Waals surface area contributed by atoms with Crippen molar-refractivity contribution in [2.45, 2.75) is 72.3 Å². The van der Waals surface area contributed by atoms with E-state index in [0.29, 0.717) is 0 Å². The van der Waals surface area contributed by atoms with Crippen LogP contribution in [0.15, 0.2) is 60.8 Å². The molecule has 30 heavy (non-hydrogen) atoms. The first-order valence-corrected chi connectivity index (χ1v) is 10.9. The number of hydrogen-bond acceptors (Lipinski definition) is 2. The van der Waals surface area contributed by atoms with E-state index in [1.165, 1.54) is 33.5 Å². The second kappa shape index (κ2) is 8.26. The Labute approximate surface area is 182 Å². The minimum absolute atomic E-state index is 0.0191. The molecule has 1 heterocycles. The van der Waals surface area contributed by atoms with Gasteiger partial charge in [-0.3, -0.25) is 4.98 Å². The number of aromatic nitrogens is 1. The Kier molecular flexibility index (Phi) is 6.08. The molecule has 0 spiro atoms. The predicted molar refractivity (Wildman–Crippen MR) is 129 cm³/mol. The highest BCUT2D eigenvalue weighted by Gasteiger charge is 2.24. The van der Waals surface area contributed by atoms with Crippen LogP contribution in [0.25, 0.3) is 0 Å². The Morgan fingerprint density at radius 1 is 0.733 bits per heavy atom. The second-order valence-electron chi connectivity index (χ2n) is 10.4. The maximum atomic E-state index is 4.73. The van der Waals surface area contributed by atoms with Crippen LogP contribution in [-0.2, 0) is 10.8 Å². The van der Waals surface area contributed by atoms with Gasteiger partial charge in [0.1, 0.15) is 0 Å². The van der Waals surface area contributed by atoms with Crippen LogP contribution in [0.4, 0.5) is 5.69 Å². The summed E-state index contributed by atoms with van der Waals surface area (Å²) in [6.45, 7) is 18.0. The lowest BCUT2D eigenvalue weighted by atomic mass is 9.78. The average molecular weight is 401 g/mol. The summed E-state index contributed by atoms with van der Waals surface area (Å²) in [5.41, 5.74) is 8.83. The fourth-order valence-electron chi connectivity index (χ4n) is 3.75. The Balaban J connectivity index is 2.21. The number of nitrogens with one attached hydrogen (secondary N) is 1. The molecule has 2 heteroatoms. The summed E-state index contributed by atoms with van der Waals surface area (Å²) in [5, 5.41) is 3.84. The van der Waals surface area contributed by atoms with Gasteiger partial charge < -0.3 is 5.32 Å². The van der Waals surface area contributed by atoms with Gasteiger partial charge in [-0.1, -0.05) is 84.0 Å². The Morgan fingerprint density at radius 2 is 1.30 bits per heavy atom. The lowest BCUT2D eigenvalue weighted by molar-refractivity contribution is 0.566. The summed E-state index contributed by atoms with van der Waals surface area (Å²) < 4.78 is 0. The van der Waals surface area contributed by atoms with Gasteiger partial charge in [-0.2, -0.15) is 0 Å². The summed E-state index contributed by atoms with van der Waals surface area (Å²) in [6.07, 6.45) is 1.88. The molecule has 0 aliphatic rings. The highest BCUT2D eigenvalue weighted by Crippen LogP contribution is 2.35. The van der Waals surface area contributed by atoms with Crippen LogP contribution in [0.2, 0.25) is 0 Å². The molecule has 0 aliphatic carbocycles. The molecule has 0 bridgehead atoms. The standard InChI is InChI=1S/C28H36N2/c1-19-12-11-13-20(2)25(19)30-26(24-14-9-10-15-29-24)21-16-22(27(3,4)5)18-23(17-21)28(6,7)8/h9-18,26,30H,1-8H3. The number of para-hydroxylation sites is 1. The quantitative estimate of drug-likeness (QED) is 0.490. The molecule has 1 unspecified atom stereocenters. The smallest absolute Gasteiger partial charge is 0.0940 e. The third kappa shape index (κ3) is 4.92. The number of aryl methyl sites for hydroxylation is 2. The first-order chi connectivity index (χ1) is 14.0. The van der Waals surface area contributed by atoms with Crippen LogP contribution in [0.3, 0.4) is 0 Å². The number of rotatable bonds is 4. The van der Waals surface area contributed by atoms with Gasteiger partial charge in [0.2, 0.25) is 0 Å². The SMILES string of the molecule is Cc1cccc(C)c1NC(c1cc(C(C)(C)C)cc(C(C)(C)C)c1)c1ccccn1. The summed E-state index contributed by atoms with van der Waals surface area (Å²) >= 11 is 0. The molecule has 0 aliphatic heterocycles. The predicted octanol–water partition coefficient (Wildman–Crippen LogP) is 7.49. The van der Waals surface area contributed by atoms with Gasteiger partial charge in [0.25, 0.3) is 0 Å². The van der Waals surface area contributed by atoms with E-state index in [4.69, 9.17) is 4.98 Å². The number of anilines is 1. The number of hydrogen-bond donors (Lipinski definition) is 1. The summed E-state index contributed by atoms with van der Waals surface area (Å²) in [6, 6.07) is 19.7. The molecule has 0 saturated carbocycles. The zero-order valence-corrected chi connectivity index (χ0v) is 19.8. The molecule has 3 aromatic rings. The van der Waals surface area contributed by atoms with Gasteiger partial charge in [0, 0.05) is 11.9 Å². The zero-order valence-electron chi connectivity index (χ0n) is 19.8. The van der Waals surface area contributed by atoms with Crippen LogP contribution < -0.4 is 5.32 Å². The topological polar surface area (TPSA) is 24.9 Å². The molecule has 1 N–H and O–H groups in total. The Bertz CT molecular complexity index is 953. The van der Waals surface area contributed by atoms with Gasteiger partial charge in [-0.25, -0.2) is 0 Å². The van der Waals surface area contributed by atoms with E-state index < -0.39 is 0 Å². The van der Waals surface area contributed by atoms with Gasteiger partial charge >= 0.3 is 0 Å². The first-order valence-electron chi connectivity index (χ1n) is 10.9. The molecule has 2 nitrogen and oxygen atoms in total. The van der Waals surface area contributed by atoms with Crippen molar-refractivity contribution in [1.82, 2.24) is 4.98 Å². The maximum Gasteiger partial charge on any atom is 0.0940 e. The Hall–Kier alpha value is -2.61. The van der Waals surface area contributed by atoms with Crippen LogP contribution in [0, 0.1) is 13.8 Å². The van der Waals surface area contributed by atoms with Gasteiger partial charge in [0.15, 0.2) is 0 Å². The minimum atomic E-state index is -0.0191. The number of benzene rings is 2. The molecular weight excluding hydrogens is 364 g/mol. The van der Waals surface area contributed by atoms with Crippen molar-refractivity contribution in [1.29, 1.82) is 0 Å². The molecule has 158 valence electrons. The van der Waals surface area contributed by atoms with E-state index >= 15 is 0 Å². The van der Waals surface area contributed by atoms with E-state index in [1.54, 1.807) is 0 Å². The fourth-order valence-corrected chi connectivity index (χ4v) is 3.75. The third-order valence-electron chi connectivity index (χ3n) is 5.77. The van der Waals surface area contributed by atoms with Crippen molar-refractivity contribution in [3.8, 4) is 0 Å². The van der Waals surface area contributed by atoms with E-state index in [0.717, 1.165) is 5.69 Å². The van der Waals surface area contributed by atoms with Crippen LogP contribution in [0.5, 0.6) is 0 Å². The first kappa shape index (κ1) is 22.1. The van der Waals surface area contributed by atoms with Crippen molar-refractivity contribution < 1.29 is 0 Å². The molecule has 1 aromatic heterocycles. The highest BCUT2D eigenvalue weighted by atomic mass is 15.0. The van der Waals surface area contributed by atoms with Gasteiger partial charge in [-0.05, 0) is 64.6 Å². The third-order valence-corrected chi connectivity index (χ3v) is 5.77. The van der Waals surface area contributed by atoms with Crippen molar-refractivity contribution >= 4 is 5.69 Å². The molecule has 3 rings (SSSR count). The lowest BCUT2D eigenvalue weighted by Gasteiger charge is -2.29. The fraction of sp³-hybridized carbons (Fsp3) is 0.393. The van der Waals surface area contributed by atoms with Crippen molar-refractivity contribution in [3.05, 3.63) is 94.3 Å². The van der Waals surface area contributed by atoms with Crippen LogP contribution in [0.1, 0.15) is 81.1 Å². The largest absolute Gasteiger partial charge is 0.372 e. The van der Waals surface area contributed by atoms with Crippen molar-refractivity contribution in [2.24, 2.45) is 0 Å². The molecule has 0 radical (unpaired) electrons. The van der Waals surface area contributed by atoms with Crippen molar-refractivity contribution in [2.75, 3.05) is 5.32 Å². The van der Waals surface area contributed by atoms with Crippen molar-refractivity contribution in [3.63, 3.8) is 0 Å². The van der Waals surface area contributed by atoms with E-state index in [2.05, 4.69) is 109 Å². The van der Waals surface area contributed by atoms with E-state index in [9.17, 15) is 0 Å². The average Bonchev–Trinajstić information content (AvgIpc) is 2.67. The van der Waals surface area contributed by atoms with Crippen LogP contribution in [-0.4, -0.2) is 4.98 Å². The zero-order chi connectivity index (χ0) is 22.1. The van der Waals surface area contributed by atoms with E-state index in [1.807, 2.05) is 12.3 Å². The monoisotopic (exact) mass is 400 g/mol. The summed E-state index contributed by atoms with van der Waals surface area (Å²) in [7, 11) is 0. The normalized spacial score (nSPS) is 13.2. The lowest BCUT2D eigenvalue weighted by Crippen LogP contribution is -2.20. The highest BCUT2D eigenvalue weighted by molar-refractivity contribution is 5.59. The molecule has 1 atom stereocenters. The Morgan fingerprint density at radius 3 is 1.77 bits per heavy atom. The molecule has 0 amide bonds. The summed E-state index contributed by atoms with van der Waals surface area (Å²) in [5.74, 6) is 0. The molecular formula is C28H36N2. The number of nitrogens with zero attached hydrogens (tertiary/aromatic N) is 1. The second-order valence-corrected chi connectivity index (χ2v) is 10.4.